The first-order valence-electron chi connectivity index (χ1n) is 11.4. The van der Waals surface area contributed by atoms with Gasteiger partial charge in [0.25, 0.3) is 5.60 Å². The number of carbonyl (C=O) groups is 1. The molecule has 0 aromatic heterocycles. The van der Waals surface area contributed by atoms with E-state index >= 15 is 0 Å². The number of fused-ring (bicyclic) bond motifs is 2. The van der Waals surface area contributed by atoms with Gasteiger partial charge in [-0.15, -0.1) is 0 Å². The second kappa shape index (κ2) is 9.07. The van der Waals surface area contributed by atoms with Gasteiger partial charge in [-0.2, -0.15) is 26.3 Å². The fourth-order valence-corrected chi connectivity index (χ4v) is 6.57. The molecule has 0 radical (unpaired) electrons. The third-order valence-electron chi connectivity index (χ3n) is 8.20. The number of rotatable bonds is 4. The van der Waals surface area contributed by atoms with E-state index in [0.717, 1.165) is 0 Å². The monoisotopic (exact) mass is 584 g/mol. The predicted molar refractivity (Wildman–Crippen MR) is 114 cm³/mol. The summed E-state index contributed by atoms with van der Waals surface area (Å²) in [6.45, 7) is 3.54. The van der Waals surface area contributed by atoms with Crippen LogP contribution in [0.2, 0.25) is 0 Å². The van der Waals surface area contributed by atoms with Crippen molar-refractivity contribution in [2.75, 3.05) is 0 Å². The third kappa shape index (κ3) is 4.40. The van der Waals surface area contributed by atoms with Crippen molar-refractivity contribution in [2.45, 2.75) is 99.1 Å². The number of carbonyl (C=O) groups excluding carboxylic acids is 1. The molecule has 0 aliphatic heterocycles. The molecular weight excluding hydrogens is 553 g/mol. The Hall–Kier alpha value is -0.260. The lowest BCUT2D eigenvalue weighted by atomic mass is 9.50. The van der Waals surface area contributed by atoms with E-state index < -0.39 is 63.0 Å². The molecule has 0 heterocycles. The quantitative estimate of drug-likeness (QED) is 0.175. The third-order valence-corrected chi connectivity index (χ3v) is 9.40. The van der Waals surface area contributed by atoms with Crippen LogP contribution in [0.1, 0.15) is 71.6 Å². The van der Waals surface area contributed by atoms with Crippen LogP contribution in [0, 0.1) is 29.6 Å². The van der Waals surface area contributed by atoms with Crippen LogP contribution in [0.15, 0.2) is 0 Å². The number of aliphatic hydroxyl groups is 1. The maximum atomic E-state index is 14.0. The average Bonchev–Trinajstić information content (AvgIpc) is 2.71. The van der Waals surface area contributed by atoms with E-state index in [0.29, 0.717) is 44.9 Å². The number of alkyl halides is 7. The Bertz CT molecular complexity index is 654. The van der Waals surface area contributed by atoms with Crippen LogP contribution < -0.4 is 0 Å². The van der Waals surface area contributed by atoms with Crippen LogP contribution in [0.3, 0.4) is 0 Å². The Morgan fingerprint density at radius 1 is 0.875 bits per heavy atom. The summed E-state index contributed by atoms with van der Waals surface area (Å²) in [4.78, 5) is 12.9. The fraction of sp³-hybridized carbons (Fsp3) is 0.955. The maximum Gasteiger partial charge on any atom is 0.426 e. The smallest absolute Gasteiger partial charge is 0.426 e. The van der Waals surface area contributed by atoms with E-state index in [9.17, 15) is 36.2 Å². The van der Waals surface area contributed by atoms with Crippen LogP contribution in [-0.4, -0.2) is 38.6 Å². The van der Waals surface area contributed by atoms with Crippen molar-refractivity contribution in [1.29, 1.82) is 0 Å². The van der Waals surface area contributed by atoms with Gasteiger partial charge in [0.2, 0.25) is 0 Å². The van der Waals surface area contributed by atoms with E-state index in [1.807, 2.05) is 29.5 Å². The first-order chi connectivity index (χ1) is 14.7. The minimum absolute atomic E-state index is 0.163. The summed E-state index contributed by atoms with van der Waals surface area (Å²) in [5, 5.41) is 10.5. The highest BCUT2D eigenvalue weighted by Crippen LogP contribution is 2.62. The van der Waals surface area contributed by atoms with Gasteiger partial charge >= 0.3 is 18.3 Å². The Morgan fingerprint density at radius 2 is 1.25 bits per heavy atom. The standard InChI is InChI=1S/C22H31F6IO3/c1-3-19(2,29)18(30)32-17-14-10-6-4-8-12(14)16(13-9-5-7-11-15(13)17)20(31,21(23,24)25)22(26,27)28/h12-17,31H,3-11H2,1-2H3. The molecule has 32 heavy (non-hydrogen) atoms. The van der Waals surface area contributed by atoms with Gasteiger partial charge in [0.1, 0.15) is 9.53 Å². The molecule has 3 fully saturated rings. The van der Waals surface area contributed by atoms with E-state index in [1.165, 1.54) is 0 Å². The van der Waals surface area contributed by atoms with Gasteiger partial charge in [-0.05, 0) is 62.7 Å². The lowest BCUT2D eigenvalue weighted by Crippen LogP contribution is -2.69. The fourth-order valence-electron chi connectivity index (χ4n) is 6.44. The average molecular weight is 584 g/mol. The lowest BCUT2D eigenvalue weighted by molar-refractivity contribution is -0.403. The summed E-state index contributed by atoms with van der Waals surface area (Å²) in [7, 11) is 0. The van der Waals surface area contributed by atoms with Gasteiger partial charge in [-0.1, -0.05) is 55.2 Å². The number of ether oxygens (including phenoxy) is 1. The predicted octanol–water partition coefficient (Wildman–Crippen LogP) is 6.60. The highest BCUT2D eigenvalue weighted by molar-refractivity contribution is 14.1. The van der Waals surface area contributed by atoms with Crippen LogP contribution in [0.4, 0.5) is 26.3 Å². The van der Waals surface area contributed by atoms with Gasteiger partial charge in [0, 0.05) is 5.92 Å². The topological polar surface area (TPSA) is 46.5 Å². The molecule has 0 amide bonds. The summed E-state index contributed by atoms with van der Waals surface area (Å²) in [5.74, 6) is -5.69. The van der Waals surface area contributed by atoms with Crippen LogP contribution in [-0.2, 0) is 9.53 Å². The Labute approximate surface area is 198 Å². The molecule has 1 N–H and O–H groups in total. The summed E-state index contributed by atoms with van der Waals surface area (Å²) >= 11 is 1.98. The second-order valence-corrected chi connectivity index (χ2v) is 12.3. The molecule has 0 spiro atoms. The molecule has 186 valence electrons. The second-order valence-electron chi connectivity index (χ2n) is 9.93. The zero-order valence-corrected chi connectivity index (χ0v) is 20.4. The van der Waals surface area contributed by atoms with Crippen LogP contribution >= 0.6 is 22.6 Å². The zero-order chi connectivity index (χ0) is 24.1. The zero-order valence-electron chi connectivity index (χ0n) is 18.2. The molecule has 3 aliphatic carbocycles. The molecule has 10 heteroatoms. The van der Waals surface area contributed by atoms with Crippen molar-refractivity contribution in [3.63, 3.8) is 0 Å². The summed E-state index contributed by atoms with van der Waals surface area (Å²) in [6.07, 6.45) is -8.45. The number of hydrogen-bond donors (Lipinski definition) is 1. The van der Waals surface area contributed by atoms with Gasteiger partial charge < -0.3 is 9.84 Å². The molecule has 3 rings (SSSR count). The van der Waals surface area contributed by atoms with Gasteiger partial charge in [0.05, 0.1) is 0 Å². The van der Waals surface area contributed by atoms with Crippen LogP contribution in [0.25, 0.3) is 0 Å². The van der Waals surface area contributed by atoms with Crippen molar-refractivity contribution in [3.05, 3.63) is 0 Å². The van der Waals surface area contributed by atoms with E-state index in [1.54, 1.807) is 6.92 Å². The number of hydrogen-bond acceptors (Lipinski definition) is 3. The molecule has 3 saturated carbocycles. The molecular formula is C22H31F6IO3. The molecule has 3 nitrogen and oxygen atoms in total. The van der Waals surface area contributed by atoms with Crippen LogP contribution in [0.5, 0.6) is 0 Å². The molecule has 0 bridgehead atoms. The van der Waals surface area contributed by atoms with Crippen molar-refractivity contribution in [2.24, 2.45) is 29.6 Å². The highest BCUT2D eigenvalue weighted by atomic mass is 127. The highest BCUT2D eigenvalue weighted by Gasteiger charge is 2.77. The van der Waals surface area contributed by atoms with Crippen molar-refractivity contribution >= 4 is 28.6 Å². The van der Waals surface area contributed by atoms with E-state index in [2.05, 4.69) is 0 Å². The number of esters is 1. The SMILES string of the molecule is CCC(C)(I)C(=O)OC1C2CCCCC2C(C(O)(C(F)(F)F)C(F)(F)F)C2CCCCC21. The molecule has 5 atom stereocenters. The summed E-state index contributed by atoms with van der Waals surface area (Å²) < 4.78 is 88.8. The van der Waals surface area contributed by atoms with Crippen molar-refractivity contribution < 1.29 is 41.0 Å². The van der Waals surface area contributed by atoms with E-state index in [-0.39, 0.29) is 12.8 Å². The van der Waals surface area contributed by atoms with E-state index in [4.69, 9.17) is 4.74 Å². The minimum atomic E-state index is -5.84. The Kier molecular flexibility index (Phi) is 7.47. The first-order valence-corrected chi connectivity index (χ1v) is 12.5. The van der Waals surface area contributed by atoms with Crippen molar-refractivity contribution in [3.8, 4) is 0 Å². The molecule has 0 aromatic rings. The molecule has 0 aromatic carbocycles. The molecule has 0 saturated heterocycles. The Morgan fingerprint density at radius 3 is 1.59 bits per heavy atom. The lowest BCUT2D eigenvalue weighted by Gasteiger charge is -2.58. The van der Waals surface area contributed by atoms with Crippen molar-refractivity contribution in [1.82, 2.24) is 0 Å². The summed E-state index contributed by atoms with van der Waals surface area (Å²) in [6, 6.07) is 0. The first kappa shape index (κ1) is 26.3. The molecule has 5 unspecified atom stereocenters. The van der Waals surface area contributed by atoms with Gasteiger partial charge in [-0.3, -0.25) is 4.79 Å². The Balaban J connectivity index is 2.08. The largest absolute Gasteiger partial charge is 0.461 e. The normalized spacial score (nSPS) is 35.9. The maximum absolute atomic E-state index is 14.0. The summed E-state index contributed by atoms with van der Waals surface area (Å²) in [5.41, 5.74) is -4.77. The number of halogens is 7. The molecule has 3 aliphatic rings. The minimum Gasteiger partial charge on any atom is -0.461 e. The van der Waals surface area contributed by atoms with Gasteiger partial charge in [0.15, 0.2) is 0 Å². The van der Waals surface area contributed by atoms with Gasteiger partial charge in [-0.25, -0.2) is 0 Å².